The van der Waals surface area contributed by atoms with E-state index in [9.17, 15) is 0 Å². The van der Waals surface area contributed by atoms with Crippen LogP contribution in [0.5, 0.6) is 0 Å². The number of nitrogens with zero attached hydrogens (tertiary/aromatic N) is 2. The first-order valence-corrected chi connectivity index (χ1v) is 6.18. The van der Waals surface area contributed by atoms with Crippen molar-refractivity contribution in [3.05, 3.63) is 16.1 Å². The average molecular weight is 368 g/mol. The third kappa shape index (κ3) is 5.20. The third-order valence-electron chi connectivity index (χ3n) is 2.09. The maximum Gasteiger partial charge on any atom is 0.191 e. The topological polar surface area (TPSA) is 49.3 Å². The minimum absolute atomic E-state index is 0. The summed E-state index contributed by atoms with van der Waals surface area (Å²) >= 11 is 1.71. The molecule has 0 saturated carbocycles. The van der Waals surface area contributed by atoms with Gasteiger partial charge in [-0.2, -0.15) is 0 Å². The van der Waals surface area contributed by atoms with Crippen LogP contribution < -0.4 is 10.6 Å². The fraction of sp³-hybridized carbons (Fsp3) is 0.636. The first kappa shape index (κ1) is 16.6. The zero-order valence-electron chi connectivity index (χ0n) is 11.0. The maximum absolute atomic E-state index is 4.60. The SMILES string of the molecule is CN=C(NC)NCc1csc(C(C)(C)C)n1.I. The summed E-state index contributed by atoms with van der Waals surface area (Å²) in [7, 11) is 3.59. The van der Waals surface area contributed by atoms with Crippen molar-refractivity contribution < 1.29 is 0 Å². The molecule has 0 unspecified atom stereocenters. The summed E-state index contributed by atoms with van der Waals surface area (Å²) in [5, 5.41) is 9.42. The summed E-state index contributed by atoms with van der Waals surface area (Å²) in [6.45, 7) is 7.24. The lowest BCUT2D eigenvalue weighted by molar-refractivity contribution is 0.582. The summed E-state index contributed by atoms with van der Waals surface area (Å²) in [5.41, 5.74) is 1.19. The lowest BCUT2D eigenvalue weighted by Crippen LogP contribution is -2.34. The third-order valence-corrected chi connectivity index (χ3v) is 3.41. The summed E-state index contributed by atoms with van der Waals surface area (Å²) in [6.07, 6.45) is 0. The van der Waals surface area contributed by atoms with E-state index in [0.29, 0.717) is 6.54 Å². The lowest BCUT2D eigenvalue weighted by atomic mass is 9.98. The molecule has 1 rings (SSSR count). The van der Waals surface area contributed by atoms with Gasteiger partial charge in [0, 0.05) is 24.9 Å². The van der Waals surface area contributed by atoms with Crippen molar-refractivity contribution in [3.63, 3.8) is 0 Å². The van der Waals surface area contributed by atoms with E-state index in [2.05, 4.69) is 46.8 Å². The molecule has 0 aliphatic carbocycles. The highest BCUT2D eigenvalue weighted by molar-refractivity contribution is 14.0. The molecule has 4 nitrogen and oxygen atoms in total. The van der Waals surface area contributed by atoms with Crippen LogP contribution in [0.15, 0.2) is 10.4 Å². The van der Waals surface area contributed by atoms with Gasteiger partial charge in [0.05, 0.1) is 17.2 Å². The molecule has 0 aromatic carbocycles. The van der Waals surface area contributed by atoms with Gasteiger partial charge in [-0.15, -0.1) is 35.3 Å². The van der Waals surface area contributed by atoms with Crippen molar-refractivity contribution in [3.8, 4) is 0 Å². The van der Waals surface area contributed by atoms with Gasteiger partial charge < -0.3 is 10.6 Å². The van der Waals surface area contributed by atoms with Crippen LogP contribution >= 0.6 is 35.3 Å². The Balaban J connectivity index is 0.00000256. The minimum atomic E-state index is 0. The van der Waals surface area contributed by atoms with Gasteiger partial charge in [-0.3, -0.25) is 4.99 Å². The highest BCUT2D eigenvalue weighted by atomic mass is 127. The molecule has 0 bridgehead atoms. The molecule has 17 heavy (non-hydrogen) atoms. The van der Waals surface area contributed by atoms with E-state index in [1.165, 1.54) is 5.01 Å². The second-order valence-electron chi connectivity index (χ2n) is 4.57. The molecule has 2 N–H and O–H groups in total. The van der Waals surface area contributed by atoms with Gasteiger partial charge >= 0.3 is 0 Å². The van der Waals surface area contributed by atoms with Crippen molar-refractivity contribution in [2.24, 2.45) is 4.99 Å². The van der Waals surface area contributed by atoms with Crippen molar-refractivity contribution in [1.82, 2.24) is 15.6 Å². The summed E-state index contributed by atoms with van der Waals surface area (Å²) in [4.78, 5) is 8.64. The number of hydrogen-bond donors (Lipinski definition) is 2. The van der Waals surface area contributed by atoms with Gasteiger partial charge in [0.15, 0.2) is 5.96 Å². The zero-order valence-corrected chi connectivity index (χ0v) is 14.1. The van der Waals surface area contributed by atoms with Crippen LogP contribution in [0.25, 0.3) is 0 Å². The second kappa shape index (κ2) is 7.15. The molecule has 0 aliphatic rings. The molecule has 6 heteroatoms. The van der Waals surface area contributed by atoms with Gasteiger partial charge in [0.25, 0.3) is 0 Å². The Labute approximate surface area is 124 Å². The largest absolute Gasteiger partial charge is 0.359 e. The van der Waals surface area contributed by atoms with Gasteiger partial charge in [-0.05, 0) is 0 Å². The van der Waals surface area contributed by atoms with E-state index in [1.54, 1.807) is 18.4 Å². The van der Waals surface area contributed by atoms with Crippen molar-refractivity contribution in [2.75, 3.05) is 14.1 Å². The van der Waals surface area contributed by atoms with Crippen molar-refractivity contribution in [1.29, 1.82) is 0 Å². The molecule has 0 fully saturated rings. The highest BCUT2D eigenvalue weighted by Crippen LogP contribution is 2.25. The Morgan fingerprint density at radius 3 is 2.53 bits per heavy atom. The predicted octanol–water partition coefficient (Wildman–Crippen LogP) is 2.35. The van der Waals surface area contributed by atoms with E-state index in [0.717, 1.165) is 11.7 Å². The Morgan fingerprint density at radius 1 is 1.47 bits per heavy atom. The molecule has 0 spiro atoms. The molecule has 1 aromatic rings. The van der Waals surface area contributed by atoms with Crippen LogP contribution in [0.2, 0.25) is 0 Å². The Hall–Kier alpha value is -0.370. The fourth-order valence-electron chi connectivity index (χ4n) is 1.19. The standard InChI is InChI=1S/C11H20N4S.HI/c1-11(2,3)9-15-8(7-16-9)6-14-10(12-4)13-5;/h7H,6H2,1-5H3,(H2,12,13,14);1H. The summed E-state index contributed by atoms with van der Waals surface area (Å²) in [6, 6.07) is 0. The smallest absolute Gasteiger partial charge is 0.191 e. The van der Waals surface area contributed by atoms with Crippen LogP contribution in [-0.4, -0.2) is 25.0 Å². The Morgan fingerprint density at radius 2 is 2.12 bits per heavy atom. The Kier molecular flexibility index (Phi) is 6.99. The number of thiazole rings is 1. The van der Waals surface area contributed by atoms with Crippen LogP contribution in [0, 0.1) is 0 Å². The Bertz CT molecular complexity index is 368. The first-order valence-electron chi connectivity index (χ1n) is 5.30. The van der Waals surface area contributed by atoms with E-state index in [4.69, 9.17) is 0 Å². The summed E-state index contributed by atoms with van der Waals surface area (Å²) < 4.78 is 0. The van der Waals surface area contributed by atoms with Gasteiger partial charge in [0.1, 0.15) is 0 Å². The van der Waals surface area contributed by atoms with Crippen LogP contribution in [0.3, 0.4) is 0 Å². The number of rotatable bonds is 2. The molecular weight excluding hydrogens is 347 g/mol. The van der Waals surface area contributed by atoms with Crippen LogP contribution in [-0.2, 0) is 12.0 Å². The number of nitrogens with one attached hydrogen (secondary N) is 2. The maximum atomic E-state index is 4.60. The number of aromatic nitrogens is 1. The molecule has 1 heterocycles. The van der Waals surface area contributed by atoms with Crippen molar-refractivity contribution in [2.45, 2.75) is 32.7 Å². The predicted molar refractivity (Wildman–Crippen MR) is 85.5 cm³/mol. The van der Waals surface area contributed by atoms with Crippen LogP contribution in [0.4, 0.5) is 0 Å². The zero-order chi connectivity index (χ0) is 12.2. The summed E-state index contributed by atoms with van der Waals surface area (Å²) in [5.74, 6) is 0.783. The van der Waals surface area contributed by atoms with Gasteiger partial charge in [-0.25, -0.2) is 4.98 Å². The van der Waals surface area contributed by atoms with E-state index >= 15 is 0 Å². The first-order chi connectivity index (χ1) is 7.47. The average Bonchev–Trinajstić information content (AvgIpc) is 2.67. The number of halogens is 1. The molecule has 1 aromatic heterocycles. The quantitative estimate of drug-likeness (QED) is 0.479. The fourth-order valence-corrected chi connectivity index (χ4v) is 2.09. The number of guanidine groups is 1. The van der Waals surface area contributed by atoms with Gasteiger partial charge in [-0.1, -0.05) is 20.8 Å². The molecule has 0 aliphatic heterocycles. The van der Waals surface area contributed by atoms with E-state index in [1.807, 2.05) is 7.05 Å². The van der Waals surface area contributed by atoms with Gasteiger partial charge in [0.2, 0.25) is 0 Å². The number of aliphatic imine (C=N–C) groups is 1. The molecule has 98 valence electrons. The molecule has 0 radical (unpaired) electrons. The lowest BCUT2D eigenvalue weighted by Gasteiger charge is -2.13. The molecule has 0 atom stereocenters. The molecule has 0 amide bonds. The molecule has 0 saturated heterocycles. The van der Waals surface area contributed by atoms with E-state index < -0.39 is 0 Å². The normalized spacial score (nSPS) is 11.9. The number of hydrogen-bond acceptors (Lipinski definition) is 3. The molecular formula is C11H21IN4S. The second-order valence-corrected chi connectivity index (χ2v) is 5.43. The van der Waals surface area contributed by atoms with E-state index in [-0.39, 0.29) is 29.4 Å². The minimum Gasteiger partial charge on any atom is -0.359 e. The van der Waals surface area contributed by atoms with Crippen molar-refractivity contribution >= 4 is 41.3 Å². The van der Waals surface area contributed by atoms with Crippen LogP contribution in [0.1, 0.15) is 31.5 Å². The monoisotopic (exact) mass is 368 g/mol. The highest BCUT2D eigenvalue weighted by Gasteiger charge is 2.17.